The molecule has 0 unspecified atom stereocenters. The van der Waals surface area contributed by atoms with Gasteiger partial charge in [0.25, 0.3) is 5.56 Å². The molecule has 0 bridgehead atoms. The molecule has 17 heavy (non-hydrogen) atoms. The number of nitrogens with zero attached hydrogens (tertiary/aromatic N) is 2. The molecule has 0 N–H and O–H groups in total. The van der Waals surface area contributed by atoms with Gasteiger partial charge in [0, 0.05) is 19.3 Å². The highest BCUT2D eigenvalue weighted by Crippen LogP contribution is 1.95. The van der Waals surface area contributed by atoms with E-state index in [1.165, 1.54) is 4.57 Å². The fourth-order valence-corrected chi connectivity index (χ4v) is 2.14. The third-order valence-corrected chi connectivity index (χ3v) is 3.06. The zero-order chi connectivity index (χ0) is 12.8. The minimum absolute atomic E-state index is 0.234. The molecular formula is C11H17IN2O3. The fraction of sp³-hybridized carbons (Fsp3) is 0.636. The fourth-order valence-electron chi connectivity index (χ4n) is 1.52. The third-order valence-electron chi connectivity index (χ3n) is 2.32. The van der Waals surface area contributed by atoms with Gasteiger partial charge < -0.3 is 4.74 Å². The van der Waals surface area contributed by atoms with Gasteiger partial charge in [0.15, 0.2) is 0 Å². The van der Waals surface area contributed by atoms with Gasteiger partial charge in [0.1, 0.15) is 0 Å². The Labute approximate surface area is 114 Å². The maximum Gasteiger partial charge on any atom is 0.331 e. The second-order valence-corrected chi connectivity index (χ2v) is 4.77. The highest BCUT2D eigenvalue weighted by Gasteiger charge is 2.08. The highest BCUT2D eigenvalue weighted by atomic mass is 127. The van der Waals surface area contributed by atoms with Crippen LogP contribution in [0.1, 0.15) is 20.3 Å². The molecule has 0 aliphatic carbocycles. The van der Waals surface area contributed by atoms with Crippen molar-refractivity contribution < 1.29 is 4.74 Å². The third kappa shape index (κ3) is 3.67. The molecule has 0 radical (unpaired) electrons. The van der Waals surface area contributed by atoms with Crippen molar-refractivity contribution in [3.63, 3.8) is 0 Å². The van der Waals surface area contributed by atoms with E-state index in [2.05, 4.69) is 0 Å². The number of hydrogen-bond donors (Lipinski definition) is 0. The second-order valence-electron chi connectivity index (χ2n) is 3.61. The first-order valence-electron chi connectivity index (χ1n) is 5.69. The van der Waals surface area contributed by atoms with Gasteiger partial charge in [-0.1, -0.05) is 6.92 Å². The van der Waals surface area contributed by atoms with E-state index < -0.39 is 0 Å². The summed E-state index contributed by atoms with van der Waals surface area (Å²) in [4.78, 5) is 23.8. The first-order valence-corrected chi connectivity index (χ1v) is 6.77. The topological polar surface area (TPSA) is 53.2 Å². The molecule has 0 aromatic carbocycles. The molecule has 0 saturated heterocycles. The number of rotatable bonds is 6. The molecule has 0 aliphatic heterocycles. The van der Waals surface area contributed by atoms with Crippen LogP contribution in [0.4, 0.5) is 0 Å². The Hall–Kier alpha value is -0.630. The molecule has 1 aromatic rings. The van der Waals surface area contributed by atoms with Crippen LogP contribution in [0.2, 0.25) is 0 Å². The Kier molecular flexibility index (Phi) is 5.90. The van der Waals surface area contributed by atoms with E-state index in [0.717, 1.165) is 6.42 Å². The maximum absolute atomic E-state index is 12.0. The van der Waals surface area contributed by atoms with E-state index in [1.807, 2.05) is 36.4 Å². The Morgan fingerprint density at radius 3 is 2.59 bits per heavy atom. The Bertz CT molecular complexity index is 479. The summed E-state index contributed by atoms with van der Waals surface area (Å²) in [5.41, 5.74) is -0.486. The predicted octanol–water partition coefficient (Wildman–Crippen LogP) is 1.06. The van der Waals surface area contributed by atoms with E-state index >= 15 is 0 Å². The van der Waals surface area contributed by atoms with E-state index in [0.29, 0.717) is 29.9 Å². The van der Waals surface area contributed by atoms with Crippen LogP contribution >= 0.6 is 22.6 Å². The molecule has 1 heterocycles. The summed E-state index contributed by atoms with van der Waals surface area (Å²) in [6.07, 6.45) is 2.48. The molecule has 0 aliphatic rings. The smallest absolute Gasteiger partial charge is 0.331 e. The number of halogens is 1. The van der Waals surface area contributed by atoms with Crippen molar-refractivity contribution in [2.45, 2.75) is 33.4 Å². The lowest BCUT2D eigenvalue weighted by atomic mass is 10.4. The molecule has 5 nitrogen and oxygen atoms in total. The van der Waals surface area contributed by atoms with Crippen LogP contribution in [0.5, 0.6) is 0 Å². The average Bonchev–Trinajstić information content (AvgIpc) is 2.31. The number of ether oxygens (including phenoxy) is 1. The van der Waals surface area contributed by atoms with Gasteiger partial charge in [-0.2, -0.15) is 0 Å². The SMILES string of the molecule is CCCn1cc(I)c(=O)n(CCOCC)c1=O. The zero-order valence-corrected chi connectivity index (χ0v) is 12.3. The summed E-state index contributed by atoms with van der Waals surface area (Å²) in [7, 11) is 0. The molecular weight excluding hydrogens is 335 g/mol. The van der Waals surface area contributed by atoms with Gasteiger partial charge in [-0.05, 0) is 35.9 Å². The normalized spacial score (nSPS) is 10.8. The molecule has 0 saturated carbocycles. The van der Waals surface area contributed by atoms with E-state index in [1.54, 1.807) is 10.8 Å². The van der Waals surface area contributed by atoms with Crippen molar-refractivity contribution in [3.05, 3.63) is 30.6 Å². The van der Waals surface area contributed by atoms with Gasteiger partial charge in [0.2, 0.25) is 0 Å². The monoisotopic (exact) mass is 352 g/mol. The lowest BCUT2D eigenvalue weighted by molar-refractivity contribution is 0.136. The predicted molar refractivity (Wildman–Crippen MR) is 74.5 cm³/mol. The Balaban J connectivity index is 3.09. The van der Waals surface area contributed by atoms with Crippen LogP contribution in [0.25, 0.3) is 0 Å². The van der Waals surface area contributed by atoms with Crippen LogP contribution in [0, 0.1) is 3.57 Å². The van der Waals surface area contributed by atoms with Gasteiger partial charge in [-0.15, -0.1) is 0 Å². The van der Waals surface area contributed by atoms with E-state index in [4.69, 9.17) is 4.74 Å². The first kappa shape index (κ1) is 14.4. The number of hydrogen-bond acceptors (Lipinski definition) is 3. The molecule has 96 valence electrons. The van der Waals surface area contributed by atoms with Crippen LogP contribution < -0.4 is 11.2 Å². The molecule has 0 fully saturated rings. The van der Waals surface area contributed by atoms with Crippen molar-refractivity contribution in [2.24, 2.45) is 0 Å². The van der Waals surface area contributed by atoms with Gasteiger partial charge >= 0.3 is 5.69 Å². The van der Waals surface area contributed by atoms with E-state index in [9.17, 15) is 9.59 Å². The summed E-state index contributed by atoms with van der Waals surface area (Å²) >= 11 is 1.96. The Morgan fingerprint density at radius 1 is 1.29 bits per heavy atom. The van der Waals surface area contributed by atoms with Crippen molar-refractivity contribution in [1.82, 2.24) is 9.13 Å². The lowest BCUT2D eigenvalue weighted by Gasteiger charge is -2.10. The van der Waals surface area contributed by atoms with Crippen molar-refractivity contribution in [3.8, 4) is 0 Å². The molecule has 0 spiro atoms. The molecule has 0 atom stereocenters. The minimum atomic E-state index is -0.253. The van der Waals surface area contributed by atoms with Crippen molar-refractivity contribution in [2.75, 3.05) is 13.2 Å². The lowest BCUT2D eigenvalue weighted by Crippen LogP contribution is -2.41. The van der Waals surface area contributed by atoms with Crippen LogP contribution in [0.15, 0.2) is 15.8 Å². The van der Waals surface area contributed by atoms with Gasteiger partial charge in [0.05, 0.1) is 16.7 Å². The molecule has 6 heteroatoms. The summed E-state index contributed by atoms with van der Waals surface area (Å²) in [6, 6.07) is 0. The molecule has 1 rings (SSSR count). The largest absolute Gasteiger partial charge is 0.380 e. The molecule has 0 amide bonds. The van der Waals surface area contributed by atoms with Crippen LogP contribution in [0.3, 0.4) is 0 Å². The minimum Gasteiger partial charge on any atom is -0.380 e. The van der Waals surface area contributed by atoms with Crippen LogP contribution in [-0.2, 0) is 17.8 Å². The Morgan fingerprint density at radius 2 is 2.00 bits per heavy atom. The van der Waals surface area contributed by atoms with Crippen molar-refractivity contribution in [1.29, 1.82) is 0 Å². The van der Waals surface area contributed by atoms with E-state index in [-0.39, 0.29) is 11.2 Å². The summed E-state index contributed by atoms with van der Waals surface area (Å²) in [5, 5.41) is 0. The summed E-state index contributed by atoms with van der Waals surface area (Å²) < 4.78 is 8.56. The van der Waals surface area contributed by atoms with Gasteiger partial charge in [-0.3, -0.25) is 13.9 Å². The average molecular weight is 352 g/mol. The standard InChI is InChI=1S/C11H17IN2O3/c1-3-5-13-8-9(12)10(15)14(11(13)16)6-7-17-4-2/h8H,3-7H2,1-2H3. The van der Waals surface area contributed by atoms with Crippen LogP contribution in [-0.4, -0.2) is 22.3 Å². The summed E-state index contributed by atoms with van der Waals surface area (Å²) in [5.74, 6) is 0. The number of aromatic nitrogens is 2. The molecule has 1 aromatic heterocycles. The van der Waals surface area contributed by atoms with Gasteiger partial charge in [-0.25, -0.2) is 4.79 Å². The second kappa shape index (κ2) is 6.95. The quantitative estimate of drug-likeness (QED) is 0.568. The summed E-state index contributed by atoms with van der Waals surface area (Å²) in [6.45, 7) is 5.79. The number of aryl methyl sites for hydroxylation is 1. The first-order chi connectivity index (χ1) is 8.11. The van der Waals surface area contributed by atoms with Crippen molar-refractivity contribution >= 4 is 22.6 Å². The maximum atomic E-state index is 12.0. The highest BCUT2D eigenvalue weighted by molar-refractivity contribution is 14.1. The zero-order valence-electron chi connectivity index (χ0n) is 10.1.